The third-order valence-corrected chi connectivity index (χ3v) is 3.79. The van der Waals surface area contributed by atoms with E-state index in [1.165, 1.54) is 0 Å². The number of hydrogen-bond acceptors (Lipinski definition) is 5. The van der Waals surface area contributed by atoms with Crippen LogP contribution in [-0.4, -0.2) is 15.1 Å². The van der Waals surface area contributed by atoms with Crippen molar-refractivity contribution in [3.8, 4) is 0 Å². The first-order valence-electron chi connectivity index (χ1n) is 4.66. The molecular formula is C10H12N2OS2. The van der Waals surface area contributed by atoms with E-state index in [4.69, 9.17) is 0 Å². The molecule has 5 heteroatoms. The van der Waals surface area contributed by atoms with Crippen LogP contribution in [-0.2, 0) is 6.42 Å². The summed E-state index contributed by atoms with van der Waals surface area (Å²) in [5, 5.41) is 15.8. The molecule has 0 aliphatic heterocycles. The first kappa shape index (κ1) is 10.7. The van der Waals surface area contributed by atoms with Crippen molar-refractivity contribution < 1.29 is 5.11 Å². The van der Waals surface area contributed by atoms with Crippen molar-refractivity contribution in [1.82, 2.24) is 9.97 Å². The van der Waals surface area contributed by atoms with Crippen molar-refractivity contribution in [2.75, 3.05) is 0 Å². The molecule has 0 aliphatic carbocycles. The van der Waals surface area contributed by atoms with Gasteiger partial charge in [0, 0.05) is 22.9 Å². The summed E-state index contributed by atoms with van der Waals surface area (Å²) in [7, 11) is 0. The van der Waals surface area contributed by atoms with Crippen molar-refractivity contribution in [3.63, 3.8) is 0 Å². The molecule has 0 saturated heterocycles. The van der Waals surface area contributed by atoms with Crippen molar-refractivity contribution in [2.24, 2.45) is 0 Å². The zero-order valence-electron chi connectivity index (χ0n) is 8.60. The zero-order valence-corrected chi connectivity index (χ0v) is 10.2. The van der Waals surface area contributed by atoms with E-state index in [0.717, 1.165) is 21.4 Å². The summed E-state index contributed by atoms with van der Waals surface area (Å²) >= 11 is 3.14. The third-order valence-electron chi connectivity index (χ3n) is 2.01. The number of aryl methyl sites for hydroxylation is 2. The second-order valence-corrected chi connectivity index (χ2v) is 5.40. The molecule has 1 unspecified atom stereocenters. The SMILES string of the molecule is Cc1csc(CC(O)c2csc(C)n2)n1. The molecule has 80 valence electrons. The lowest BCUT2D eigenvalue weighted by atomic mass is 10.2. The lowest BCUT2D eigenvalue weighted by Gasteiger charge is -2.04. The van der Waals surface area contributed by atoms with Gasteiger partial charge < -0.3 is 5.11 Å². The molecule has 0 saturated carbocycles. The lowest BCUT2D eigenvalue weighted by Crippen LogP contribution is -2.02. The van der Waals surface area contributed by atoms with Crippen LogP contribution in [0, 0.1) is 13.8 Å². The Morgan fingerprint density at radius 1 is 1.27 bits per heavy atom. The molecule has 2 aromatic heterocycles. The Labute approximate surface area is 96.5 Å². The van der Waals surface area contributed by atoms with Gasteiger partial charge in [0.15, 0.2) is 0 Å². The number of nitrogens with zero attached hydrogens (tertiary/aromatic N) is 2. The maximum Gasteiger partial charge on any atom is 0.103 e. The van der Waals surface area contributed by atoms with Crippen LogP contribution in [0.1, 0.15) is 27.5 Å². The highest BCUT2D eigenvalue weighted by molar-refractivity contribution is 7.10. The van der Waals surface area contributed by atoms with Gasteiger partial charge in [0.2, 0.25) is 0 Å². The minimum Gasteiger partial charge on any atom is -0.386 e. The van der Waals surface area contributed by atoms with E-state index in [2.05, 4.69) is 9.97 Å². The van der Waals surface area contributed by atoms with Crippen LogP contribution in [0.3, 0.4) is 0 Å². The quantitative estimate of drug-likeness (QED) is 0.896. The molecule has 3 nitrogen and oxygen atoms in total. The van der Waals surface area contributed by atoms with Gasteiger partial charge in [0.05, 0.1) is 15.7 Å². The number of rotatable bonds is 3. The average Bonchev–Trinajstić information content (AvgIpc) is 2.75. The number of aliphatic hydroxyl groups is 1. The third kappa shape index (κ3) is 2.62. The van der Waals surface area contributed by atoms with Crippen molar-refractivity contribution in [2.45, 2.75) is 26.4 Å². The minimum atomic E-state index is -0.527. The van der Waals surface area contributed by atoms with Gasteiger partial charge in [-0.15, -0.1) is 22.7 Å². The highest BCUT2D eigenvalue weighted by Gasteiger charge is 2.13. The van der Waals surface area contributed by atoms with E-state index in [-0.39, 0.29) is 0 Å². The van der Waals surface area contributed by atoms with E-state index in [9.17, 15) is 5.11 Å². The molecular weight excluding hydrogens is 228 g/mol. The van der Waals surface area contributed by atoms with E-state index >= 15 is 0 Å². The molecule has 0 amide bonds. The Hall–Kier alpha value is -0.780. The van der Waals surface area contributed by atoms with Gasteiger partial charge in [-0.05, 0) is 13.8 Å². The van der Waals surface area contributed by atoms with Crippen LogP contribution >= 0.6 is 22.7 Å². The first-order valence-corrected chi connectivity index (χ1v) is 6.42. The van der Waals surface area contributed by atoms with Crippen LogP contribution in [0.5, 0.6) is 0 Å². The van der Waals surface area contributed by atoms with Crippen LogP contribution in [0.25, 0.3) is 0 Å². The van der Waals surface area contributed by atoms with Crippen molar-refractivity contribution in [1.29, 1.82) is 0 Å². The predicted octanol–water partition coefficient (Wildman–Crippen LogP) is 2.49. The largest absolute Gasteiger partial charge is 0.386 e. The van der Waals surface area contributed by atoms with Crippen LogP contribution in [0.15, 0.2) is 10.8 Å². The highest BCUT2D eigenvalue weighted by atomic mass is 32.1. The fourth-order valence-electron chi connectivity index (χ4n) is 1.30. The highest BCUT2D eigenvalue weighted by Crippen LogP contribution is 2.21. The molecule has 0 bridgehead atoms. The molecule has 0 aromatic carbocycles. The Kier molecular flexibility index (Phi) is 3.14. The van der Waals surface area contributed by atoms with Crippen molar-refractivity contribution in [3.05, 3.63) is 32.2 Å². The molecule has 1 atom stereocenters. The average molecular weight is 240 g/mol. The van der Waals surface area contributed by atoms with Gasteiger partial charge in [-0.25, -0.2) is 9.97 Å². The number of hydrogen-bond donors (Lipinski definition) is 1. The summed E-state index contributed by atoms with van der Waals surface area (Å²) < 4.78 is 0. The van der Waals surface area contributed by atoms with Crippen LogP contribution < -0.4 is 0 Å². The Morgan fingerprint density at radius 2 is 2.07 bits per heavy atom. The Morgan fingerprint density at radius 3 is 2.60 bits per heavy atom. The van der Waals surface area contributed by atoms with E-state index in [0.29, 0.717) is 6.42 Å². The van der Waals surface area contributed by atoms with Gasteiger partial charge in [-0.1, -0.05) is 0 Å². The molecule has 0 aliphatic rings. The molecule has 0 spiro atoms. The Bertz CT molecular complexity index is 450. The van der Waals surface area contributed by atoms with Gasteiger partial charge in [-0.3, -0.25) is 0 Å². The van der Waals surface area contributed by atoms with Crippen molar-refractivity contribution >= 4 is 22.7 Å². The standard InChI is InChI=1S/C10H12N2OS2/c1-6-4-15-10(11-6)3-9(13)8-5-14-7(2)12-8/h4-5,9,13H,3H2,1-2H3. The fourth-order valence-corrected chi connectivity index (χ4v) is 2.77. The monoisotopic (exact) mass is 240 g/mol. The van der Waals surface area contributed by atoms with Gasteiger partial charge in [0.1, 0.15) is 6.10 Å². The molecule has 0 radical (unpaired) electrons. The second kappa shape index (κ2) is 4.38. The summed E-state index contributed by atoms with van der Waals surface area (Å²) in [4.78, 5) is 8.58. The normalized spacial score (nSPS) is 13.0. The van der Waals surface area contributed by atoms with Crippen LogP contribution in [0.4, 0.5) is 0 Å². The Balaban J connectivity index is 2.06. The topological polar surface area (TPSA) is 46.0 Å². The number of aromatic nitrogens is 2. The first-order chi connectivity index (χ1) is 7.15. The van der Waals surface area contributed by atoms with Gasteiger partial charge in [0.25, 0.3) is 0 Å². The zero-order chi connectivity index (χ0) is 10.8. The van der Waals surface area contributed by atoms with Crippen LogP contribution in [0.2, 0.25) is 0 Å². The summed E-state index contributed by atoms with van der Waals surface area (Å²) in [6.45, 7) is 3.90. The second-order valence-electron chi connectivity index (χ2n) is 3.39. The number of aliphatic hydroxyl groups excluding tert-OH is 1. The molecule has 2 heterocycles. The molecule has 15 heavy (non-hydrogen) atoms. The maximum atomic E-state index is 9.91. The van der Waals surface area contributed by atoms with E-state index < -0.39 is 6.10 Å². The van der Waals surface area contributed by atoms with Gasteiger partial charge >= 0.3 is 0 Å². The van der Waals surface area contributed by atoms with E-state index in [1.54, 1.807) is 22.7 Å². The van der Waals surface area contributed by atoms with Gasteiger partial charge in [-0.2, -0.15) is 0 Å². The summed E-state index contributed by atoms with van der Waals surface area (Å²) in [6.07, 6.45) is 0.0299. The molecule has 2 rings (SSSR count). The molecule has 2 aromatic rings. The maximum absolute atomic E-state index is 9.91. The summed E-state index contributed by atoms with van der Waals surface area (Å²) in [5.41, 5.74) is 1.77. The molecule has 0 fully saturated rings. The smallest absolute Gasteiger partial charge is 0.103 e. The minimum absolute atomic E-state index is 0.527. The summed E-state index contributed by atoms with van der Waals surface area (Å²) in [5.74, 6) is 0. The van der Waals surface area contributed by atoms with E-state index in [1.807, 2.05) is 24.6 Å². The molecule has 1 N–H and O–H groups in total. The lowest BCUT2D eigenvalue weighted by molar-refractivity contribution is 0.174. The fraction of sp³-hybridized carbons (Fsp3) is 0.400. The predicted molar refractivity (Wildman–Crippen MR) is 62.4 cm³/mol. The number of thiazole rings is 2. The summed E-state index contributed by atoms with van der Waals surface area (Å²) in [6, 6.07) is 0.